The third-order valence-electron chi connectivity index (χ3n) is 3.70. The van der Waals surface area contributed by atoms with Crippen LogP contribution in [0.15, 0.2) is 6.33 Å². The van der Waals surface area contributed by atoms with Gasteiger partial charge in [0.2, 0.25) is 5.95 Å². The molecule has 0 aliphatic rings. The third kappa shape index (κ3) is 5.68. The number of fused-ring (bicyclic) bond motifs is 1. The number of nitrogen functional groups attached to an aromatic ring is 2. The fourth-order valence-electron chi connectivity index (χ4n) is 2.56. The molecule has 0 saturated carbocycles. The predicted molar refractivity (Wildman–Crippen MR) is 86.2 cm³/mol. The Hall–Kier alpha value is -2.16. The maximum atomic E-state index is 12.8. The number of nitrogens with two attached hydrogens (primary N) is 2. The summed E-state index contributed by atoms with van der Waals surface area (Å²) in [5.74, 6) is -0.387. The zero-order valence-corrected chi connectivity index (χ0v) is 15.2. The van der Waals surface area contributed by atoms with Crippen LogP contribution in [0.3, 0.4) is 0 Å². The van der Waals surface area contributed by atoms with Crippen molar-refractivity contribution in [2.24, 2.45) is 0 Å². The summed E-state index contributed by atoms with van der Waals surface area (Å²) in [6.07, 6.45) is -14.6. The normalized spacial score (nSPS) is 13.9. The number of rotatable bonds is 7. The van der Waals surface area contributed by atoms with Crippen molar-refractivity contribution in [1.29, 1.82) is 0 Å². The lowest BCUT2D eigenvalue weighted by molar-refractivity contribution is -0.211. The number of alkyl halides is 6. The van der Waals surface area contributed by atoms with Gasteiger partial charge in [-0.1, -0.05) is 0 Å². The second-order valence-corrected chi connectivity index (χ2v) is 7.90. The van der Waals surface area contributed by atoms with Gasteiger partial charge < -0.3 is 30.6 Å². The van der Waals surface area contributed by atoms with Crippen molar-refractivity contribution in [3.63, 3.8) is 0 Å². The SMILES string of the molecule is Nc1nc(N)c2ncn(CCOC(CC(F)(F)F)(CC(F)(F)F)P(=O)(O)O)c2n1. The van der Waals surface area contributed by atoms with Crippen molar-refractivity contribution < 1.29 is 45.4 Å². The molecule has 6 N–H and O–H groups in total. The zero-order chi connectivity index (χ0) is 22.3. The van der Waals surface area contributed by atoms with Gasteiger partial charge in [-0.3, -0.25) is 4.57 Å². The Kier molecular flexibility index (Phi) is 6.05. The maximum Gasteiger partial charge on any atom is 0.392 e. The Morgan fingerprint density at radius 1 is 1.07 bits per heavy atom. The van der Waals surface area contributed by atoms with Gasteiger partial charge in [-0.15, -0.1) is 0 Å². The van der Waals surface area contributed by atoms with Gasteiger partial charge in [0.1, 0.15) is 5.52 Å². The summed E-state index contributed by atoms with van der Waals surface area (Å²) in [5, 5.41) is -3.84. The fraction of sp³-hybridized carbons (Fsp3) is 0.583. The van der Waals surface area contributed by atoms with Crippen molar-refractivity contribution in [1.82, 2.24) is 19.5 Å². The molecular weight excluding hydrogens is 437 g/mol. The summed E-state index contributed by atoms with van der Waals surface area (Å²) < 4.78 is 94.1. The molecule has 0 radical (unpaired) electrons. The zero-order valence-electron chi connectivity index (χ0n) is 14.3. The van der Waals surface area contributed by atoms with Gasteiger partial charge in [0.05, 0.1) is 25.8 Å². The van der Waals surface area contributed by atoms with Crippen molar-refractivity contribution >= 4 is 30.5 Å². The minimum atomic E-state index is -6.02. The quantitative estimate of drug-likeness (QED) is 0.362. The van der Waals surface area contributed by atoms with Crippen LogP contribution in [0.1, 0.15) is 12.8 Å². The Morgan fingerprint density at radius 2 is 1.62 bits per heavy atom. The van der Waals surface area contributed by atoms with Gasteiger partial charge in [-0.25, -0.2) is 4.98 Å². The van der Waals surface area contributed by atoms with Gasteiger partial charge in [0.25, 0.3) is 0 Å². The fourth-order valence-corrected chi connectivity index (χ4v) is 3.59. The molecule has 0 unspecified atom stereocenters. The van der Waals surface area contributed by atoms with E-state index in [0.29, 0.717) is 0 Å². The summed E-state index contributed by atoms with van der Waals surface area (Å²) in [7, 11) is -6.02. The summed E-state index contributed by atoms with van der Waals surface area (Å²) in [6.45, 7) is -1.39. The first-order chi connectivity index (χ1) is 13.0. The average molecular weight is 452 g/mol. The molecule has 0 fully saturated rings. The molecular formula is C12H15F6N6O4P. The molecule has 0 aromatic carbocycles. The highest BCUT2D eigenvalue weighted by Gasteiger charge is 2.59. The molecule has 164 valence electrons. The molecule has 0 spiro atoms. The molecule has 2 aromatic rings. The second-order valence-electron chi connectivity index (χ2n) is 6.00. The van der Waals surface area contributed by atoms with Crippen molar-refractivity contribution in [3.05, 3.63) is 6.33 Å². The minimum Gasteiger partial charge on any atom is -0.382 e. The number of ether oxygens (including phenoxy) is 1. The standard InChI is InChI=1S/C12H15F6N6O4P/c13-11(14,15)3-10(29(25,26)27,4-12(16,17)18)28-2-1-24-5-21-6-7(19)22-9(20)23-8(6)24/h5H,1-4H2,(H2,25,26,27)(H4,19,20,22,23). The molecule has 29 heavy (non-hydrogen) atoms. The summed E-state index contributed by atoms with van der Waals surface area (Å²) in [6, 6.07) is 0. The Balaban J connectivity index is 2.31. The molecule has 0 amide bonds. The van der Waals surface area contributed by atoms with Gasteiger partial charge in [0.15, 0.2) is 16.8 Å². The van der Waals surface area contributed by atoms with Gasteiger partial charge >= 0.3 is 19.9 Å². The van der Waals surface area contributed by atoms with Crippen LogP contribution in [0, 0.1) is 0 Å². The number of aromatic nitrogens is 4. The Labute approximate surface area is 158 Å². The average Bonchev–Trinajstić information content (AvgIpc) is 2.86. The van der Waals surface area contributed by atoms with E-state index in [1.807, 2.05) is 0 Å². The first-order valence-corrected chi connectivity index (χ1v) is 9.21. The van der Waals surface area contributed by atoms with E-state index in [4.69, 9.17) is 11.5 Å². The van der Waals surface area contributed by atoms with E-state index < -0.39 is 51.3 Å². The number of anilines is 2. The molecule has 2 heterocycles. The van der Waals surface area contributed by atoms with Crippen molar-refractivity contribution in [3.8, 4) is 0 Å². The van der Waals surface area contributed by atoms with Gasteiger partial charge in [-0.05, 0) is 0 Å². The van der Waals surface area contributed by atoms with E-state index in [0.717, 1.165) is 10.9 Å². The van der Waals surface area contributed by atoms with E-state index in [2.05, 4.69) is 19.7 Å². The van der Waals surface area contributed by atoms with Crippen LogP contribution in [0.25, 0.3) is 11.2 Å². The highest BCUT2D eigenvalue weighted by atomic mass is 31.2. The molecule has 0 atom stereocenters. The number of hydrogen-bond donors (Lipinski definition) is 4. The largest absolute Gasteiger partial charge is 0.392 e. The van der Waals surface area contributed by atoms with E-state index in [9.17, 15) is 40.7 Å². The smallest absolute Gasteiger partial charge is 0.382 e. The van der Waals surface area contributed by atoms with Gasteiger partial charge in [0, 0.05) is 6.54 Å². The number of nitrogens with zero attached hydrogens (tertiary/aromatic N) is 4. The van der Waals surface area contributed by atoms with E-state index >= 15 is 0 Å². The molecule has 0 saturated heterocycles. The first kappa shape index (κ1) is 23.1. The lowest BCUT2D eigenvalue weighted by Gasteiger charge is -2.35. The van der Waals surface area contributed by atoms with Crippen molar-refractivity contribution in [2.75, 3.05) is 18.1 Å². The molecule has 2 aromatic heterocycles. The van der Waals surface area contributed by atoms with Crippen LogP contribution in [-0.2, 0) is 15.8 Å². The molecule has 10 nitrogen and oxygen atoms in total. The lowest BCUT2D eigenvalue weighted by Crippen LogP contribution is -2.42. The number of hydrogen-bond acceptors (Lipinski definition) is 7. The van der Waals surface area contributed by atoms with Crippen LogP contribution in [-0.4, -0.2) is 53.6 Å². The number of imidazole rings is 1. The van der Waals surface area contributed by atoms with Crippen LogP contribution >= 0.6 is 7.60 Å². The monoisotopic (exact) mass is 452 g/mol. The van der Waals surface area contributed by atoms with Crippen LogP contribution in [0.5, 0.6) is 0 Å². The first-order valence-electron chi connectivity index (χ1n) is 7.60. The minimum absolute atomic E-state index is 0.00650. The van der Waals surface area contributed by atoms with Crippen molar-refractivity contribution in [2.45, 2.75) is 37.1 Å². The number of halogens is 6. The second kappa shape index (κ2) is 7.59. The summed E-state index contributed by atoms with van der Waals surface area (Å²) in [4.78, 5) is 29.8. The maximum absolute atomic E-state index is 12.8. The highest BCUT2D eigenvalue weighted by Crippen LogP contribution is 2.59. The molecule has 0 aliphatic heterocycles. The molecule has 2 rings (SSSR count). The van der Waals surface area contributed by atoms with Crippen LogP contribution in [0.2, 0.25) is 0 Å². The van der Waals surface area contributed by atoms with Crippen LogP contribution < -0.4 is 11.5 Å². The summed E-state index contributed by atoms with van der Waals surface area (Å²) >= 11 is 0. The third-order valence-corrected chi connectivity index (χ3v) is 5.20. The Bertz CT molecular complexity index is 910. The predicted octanol–water partition coefficient (Wildman–Crippen LogP) is 1.79. The lowest BCUT2D eigenvalue weighted by atomic mass is 10.1. The van der Waals surface area contributed by atoms with Gasteiger partial charge in [-0.2, -0.15) is 36.3 Å². The topological polar surface area (TPSA) is 162 Å². The highest BCUT2D eigenvalue weighted by molar-refractivity contribution is 7.53. The summed E-state index contributed by atoms with van der Waals surface area (Å²) in [5.41, 5.74) is 11.1. The molecule has 0 aliphatic carbocycles. The van der Waals surface area contributed by atoms with E-state index in [-0.39, 0.29) is 22.9 Å². The van der Waals surface area contributed by atoms with Crippen LogP contribution in [0.4, 0.5) is 38.1 Å². The molecule has 0 bridgehead atoms. The Morgan fingerprint density at radius 3 is 2.10 bits per heavy atom. The van der Waals surface area contributed by atoms with E-state index in [1.165, 1.54) is 0 Å². The van der Waals surface area contributed by atoms with E-state index in [1.54, 1.807) is 0 Å². The molecule has 17 heteroatoms.